The molecule has 0 amide bonds. The van der Waals surface area contributed by atoms with Gasteiger partial charge in [-0.25, -0.2) is 4.68 Å². The molecule has 0 spiro atoms. The first-order valence-corrected chi connectivity index (χ1v) is 6.81. The van der Waals surface area contributed by atoms with E-state index in [9.17, 15) is 0 Å². The number of hydrogen-bond donors (Lipinski definition) is 1. The number of anilines is 1. The normalized spacial score (nSPS) is 17.2. The Bertz CT molecular complexity index is 610. The Morgan fingerprint density at radius 2 is 2.05 bits per heavy atom. The largest absolute Gasteiger partial charge is 0.397 e. The minimum absolute atomic E-state index is 0.0142. The average molecular weight is 298 g/mol. The molecule has 1 aromatic heterocycles. The fraction of sp³-hybridized carbons (Fsp3) is 0.417. The Labute approximate surface area is 120 Å². The minimum Gasteiger partial charge on any atom is -0.397 e. The summed E-state index contributed by atoms with van der Waals surface area (Å²) >= 11 is 12.0. The third-order valence-electron chi connectivity index (χ3n) is 3.73. The van der Waals surface area contributed by atoms with Crippen LogP contribution in [0.25, 0.3) is 11.4 Å². The average Bonchev–Trinajstić information content (AvgIpc) is 2.81. The lowest BCUT2D eigenvalue weighted by Gasteiger charge is -2.38. The first kappa shape index (κ1) is 12.7. The molecule has 2 N–H and O–H groups in total. The molecule has 0 bridgehead atoms. The second kappa shape index (κ2) is 4.35. The summed E-state index contributed by atoms with van der Waals surface area (Å²) in [7, 11) is 0. The van der Waals surface area contributed by atoms with Crippen LogP contribution in [0, 0.1) is 0 Å². The van der Waals surface area contributed by atoms with Crippen LogP contribution in [0.2, 0.25) is 10.0 Å². The van der Waals surface area contributed by atoms with Gasteiger partial charge in [-0.2, -0.15) is 0 Å². The molecule has 1 saturated carbocycles. The Kier molecular flexibility index (Phi) is 2.91. The number of nitrogens with two attached hydrogens (primary N) is 1. The molecule has 3 rings (SSSR count). The van der Waals surface area contributed by atoms with Crippen LogP contribution >= 0.6 is 23.2 Å². The molecule has 0 atom stereocenters. The Balaban J connectivity index is 2.11. The number of tetrazole rings is 1. The van der Waals surface area contributed by atoms with Crippen molar-refractivity contribution in [2.24, 2.45) is 0 Å². The molecule has 1 aromatic carbocycles. The summed E-state index contributed by atoms with van der Waals surface area (Å²) in [4.78, 5) is 0. The van der Waals surface area contributed by atoms with E-state index in [1.54, 1.807) is 12.1 Å². The molecule has 1 aliphatic rings. The van der Waals surface area contributed by atoms with Crippen molar-refractivity contribution in [2.45, 2.75) is 31.7 Å². The molecule has 5 nitrogen and oxygen atoms in total. The van der Waals surface area contributed by atoms with Crippen molar-refractivity contribution in [3.05, 3.63) is 22.2 Å². The topological polar surface area (TPSA) is 69.6 Å². The summed E-state index contributed by atoms with van der Waals surface area (Å²) in [5.41, 5.74) is 7.04. The van der Waals surface area contributed by atoms with Crippen molar-refractivity contribution in [1.29, 1.82) is 0 Å². The van der Waals surface area contributed by atoms with E-state index in [4.69, 9.17) is 28.9 Å². The molecule has 100 valence electrons. The number of benzene rings is 1. The molecule has 0 aliphatic heterocycles. The van der Waals surface area contributed by atoms with Crippen LogP contribution in [0.1, 0.15) is 26.2 Å². The highest BCUT2D eigenvalue weighted by Gasteiger charge is 2.37. The van der Waals surface area contributed by atoms with Gasteiger partial charge in [-0.15, -0.1) is 5.10 Å². The second-order valence-electron chi connectivity index (χ2n) is 5.13. The maximum Gasteiger partial charge on any atom is 0.182 e. The number of aromatic nitrogens is 4. The lowest BCUT2D eigenvalue weighted by Crippen LogP contribution is -2.38. The Morgan fingerprint density at radius 1 is 1.32 bits per heavy atom. The number of halogens is 2. The number of rotatable bonds is 2. The van der Waals surface area contributed by atoms with Crippen LogP contribution in [0.4, 0.5) is 5.69 Å². The van der Waals surface area contributed by atoms with Gasteiger partial charge < -0.3 is 5.73 Å². The SMILES string of the molecule is CC1(n2nnnc2-c2cc(N)c(Cl)c(Cl)c2)CCC1. The molecular weight excluding hydrogens is 285 g/mol. The Hall–Kier alpha value is -1.33. The fourth-order valence-corrected chi connectivity index (χ4v) is 2.71. The van der Waals surface area contributed by atoms with E-state index in [1.165, 1.54) is 6.42 Å². The number of nitrogen functional groups attached to an aromatic ring is 1. The van der Waals surface area contributed by atoms with Gasteiger partial charge in [0.05, 0.1) is 21.3 Å². The molecule has 0 radical (unpaired) electrons. The van der Waals surface area contributed by atoms with E-state index < -0.39 is 0 Å². The van der Waals surface area contributed by atoms with Crippen LogP contribution < -0.4 is 5.73 Å². The van der Waals surface area contributed by atoms with Crippen LogP contribution in [-0.2, 0) is 5.54 Å². The molecule has 7 heteroatoms. The predicted octanol–water partition coefficient (Wildman–Crippen LogP) is 3.13. The lowest BCUT2D eigenvalue weighted by molar-refractivity contribution is 0.148. The third kappa shape index (κ3) is 1.97. The monoisotopic (exact) mass is 297 g/mol. The van der Waals surface area contributed by atoms with E-state index in [-0.39, 0.29) is 5.54 Å². The van der Waals surface area contributed by atoms with Crippen LogP contribution in [-0.4, -0.2) is 20.2 Å². The zero-order valence-electron chi connectivity index (χ0n) is 10.4. The maximum atomic E-state index is 6.06. The van der Waals surface area contributed by atoms with Gasteiger partial charge in [0.1, 0.15) is 0 Å². The highest BCUT2D eigenvalue weighted by atomic mass is 35.5. The molecule has 19 heavy (non-hydrogen) atoms. The zero-order valence-corrected chi connectivity index (χ0v) is 11.9. The predicted molar refractivity (Wildman–Crippen MR) is 75.2 cm³/mol. The van der Waals surface area contributed by atoms with E-state index in [0.717, 1.165) is 18.4 Å². The fourth-order valence-electron chi connectivity index (χ4n) is 2.37. The van der Waals surface area contributed by atoms with Crippen molar-refractivity contribution in [3.63, 3.8) is 0 Å². The second-order valence-corrected chi connectivity index (χ2v) is 5.91. The summed E-state index contributed by atoms with van der Waals surface area (Å²) in [5.74, 6) is 0.674. The van der Waals surface area contributed by atoms with Crippen molar-refractivity contribution >= 4 is 28.9 Å². The van der Waals surface area contributed by atoms with Crippen molar-refractivity contribution in [2.75, 3.05) is 5.73 Å². The number of nitrogens with zero attached hydrogens (tertiary/aromatic N) is 4. The highest BCUT2D eigenvalue weighted by Crippen LogP contribution is 2.41. The van der Waals surface area contributed by atoms with Gasteiger partial charge in [0.2, 0.25) is 0 Å². The quantitative estimate of drug-likeness (QED) is 0.865. The summed E-state index contributed by atoms with van der Waals surface area (Å²) in [6, 6.07) is 3.49. The molecule has 1 fully saturated rings. The molecule has 2 aromatic rings. The van der Waals surface area contributed by atoms with Crippen LogP contribution in [0.3, 0.4) is 0 Å². The summed E-state index contributed by atoms with van der Waals surface area (Å²) in [6.07, 6.45) is 3.34. The van der Waals surface area contributed by atoms with Gasteiger partial charge in [-0.1, -0.05) is 23.2 Å². The molecule has 0 saturated heterocycles. The smallest absolute Gasteiger partial charge is 0.182 e. The zero-order chi connectivity index (χ0) is 13.6. The first-order valence-electron chi connectivity index (χ1n) is 6.05. The lowest BCUT2D eigenvalue weighted by atomic mass is 9.78. The molecule has 1 aliphatic carbocycles. The van der Waals surface area contributed by atoms with E-state index in [1.807, 2.05) is 4.68 Å². The van der Waals surface area contributed by atoms with Gasteiger partial charge >= 0.3 is 0 Å². The molecular formula is C12H13Cl2N5. The first-order chi connectivity index (χ1) is 9.01. The van der Waals surface area contributed by atoms with Crippen molar-refractivity contribution in [1.82, 2.24) is 20.2 Å². The van der Waals surface area contributed by atoms with Crippen molar-refractivity contribution in [3.8, 4) is 11.4 Å². The van der Waals surface area contributed by atoms with Crippen molar-refractivity contribution < 1.29 is 0 Å². The summed E-state index contributed by atoms with van der Waals surface area (Å²) < 4.78 is 1.86. The van der Waals surface area contributed by atoms with Gasteiger partial charge in [0.25, 0.3) is 0 Å². The maximum absolute atomic E-state index is 6.06. The van der Waals surface area contributed by atoms with E-state index in [2.05, 4.69) is 22.4 Å². The van der Waals surface area contributed by atoms with Gasteiger partial charge in [0, 0.05) is 5.56 Å². The van der Waals surface area contributed by atoms with E-state index >= 15 is 0 Å². The van der Waals surface area contributed by atoms with Gasteiger partial charge in [-0.05, 0) is 48.7 Å². The highest BCUT2D eigenvalue weighted by molar-refractivity contribution is 6.43. The Morgan fingerprint density at radius 3 is 2.63 bits per heavy atom. The minimum atomic E-state index is -0.0142. The summed E-state index contributed by atoms with van der Waals surface area (Å²) in [5, 5.41) is 12.7. The van der Waals surface area contributed by atoms with Crippen LogP contribution in [0.5, 0.6) is 0 Å². The third-order valence-corrected chi connectivity index (χ3v) is 4.54. The molecule has 1 heterocycles. The van der Waals surface area contributed by atoms with Gasteiger partial charge in [0.15, 0.2) is 5.82 Å². The van der Waals surface area contributed by atoms with Crippen LogP contribution in [0.15, 0.2) is 12.1 Å². The summed E-state index contributed by atoms with van der Waals surface area (Å²) in [6.45, 7) is 2.15. The standard InChI is InChI=1S/C12H13Cl2N5/c1-12(3-2-4-12)19-11(16-17-18-19)7-5-8(13)10(14)9(15)6-7/h5-6H,2-4,15H2,1H3. The number of hydrogen-bond acceptors (Lipinski definition) is 4. The molecule has 0 unspecified atom stereocenters. The van der Waals surface area contributed by atoms with Gasteiger partial charge in [-0.3, -0.25) is 0 Å². The van der Waals surface area contributed by atoms with E-state index in [0.29, 0.717) is 21.6 Å².